The zero-order chi connectivity index (χ0) is 22.2. The van der Waals surface area contributed by atoms with Gasteiger partial charge >= 0.3 is 0 Å². The van der Waals surface area contributed by atoms with E-state index in [1.807, 2.05) is 0 Å². The van der Waals surface area contributed by atoms with Crippen LogP contribution in [0.2, 0.25) is 0 Å². The maximum Gasteiger partial charge on any atom is 0.0583 e. The van der Waals surface area contributed by atoms with E-state index in [9.17, 15) is 0 Å². The van der Waals surface area contributed by atoms with Crippen LogP contribution < -0.4 is 5.32 Å². The summed E-state index contributed by atoms with van der Waals surface area (Å²) in [5, 5.41) is 12.0. The van der Waals surface area contributed by atoms with Crippen molar-refractivity contribution < 1.29 is 0 Å². The maximum absolute atomic E-state index is 3.79. The Bertz CT molecular complexity index is 1780. The lowest BCUT2D eigenvalue weighted by atomic mass is 9.87. The molecule has 2 heteroatoms. The number of nitrogens with zero attached hydrogens (tertiary/aromatic N) is 1. The van der Waals surface area contributed by atoms with Gasteiger partial charge in [0.1, 0.15) is 0 Å². The van der Waals surface area contributed by atoms with Gasteiger partial charge in [0.15, 0.2) is 0 Å². The topological polar surface area (TPSA) is 17.0 Å². The highest BCUT2D eigenvalue weighted by Gasteiger charge is 2.34. The molecule has 0 radical (unpaired) electrons. The molecule has 1 aliphatic heterocycles. The van der Waals surface area contributed by atoms with Crippen LogP contribution in [0.25, 0.3) is 43.4 Å². The van der Waals surface area contributed by atoms with Crippen molar-refractivity contribution in [3.63, 3.8) is 0 Å². The molecule has 4 aromatic carbocycles. The highest BCUT2D eigenvalue weighted by atomic mass is 15.0. The van der Waals surface area contributed by atoms with Crippen LogP contribution in [-0.2, 0) is 0 Å². The predicted molar refractivity (Wildman–Crippen MR) is 145 cm³/mol. The molecule has 3 atom stereocenters. The summed E-state index contributed by atoms with van der Waals surface area (Å²) in [6, 6.07) is 23.2. The first-order valence-corrected chi connectivity index (χ1v) is 12.2. The van der Waals surface area contributed by atoms with Gasteiger partial charge in [-0.1, -0.05) is 97.1 Å². The van der Waals surface area contributed by atoms with E-state index < -0.39 is 0 Å². The Morgan fingerprint density at radius 3 is 2.24 bits per heavy atom. The normalized spacial score (nSPS) is 22.6. The SMILES string of the molecule is C1=CCC(n2c3ccc4c(c3c3c5ccccc5c5ccccc5c32)C2C=CC=CC2N4)C=C1. The summed E-state index contributed by atoms with van der Waals surface area (Å²) in [4.78, 5) is 0. The van der Waals surface area contributed by atoms with E-state index in [0.29, 0.717) is 18.0 Å². The summed E-state index contributed by atoms with van der Waals surface area (Å²) in [5.74, 6) is 0.356. The van der Waals surface area contributed by atoms with Gasteiger partial charge in [-0.05, 0) is 40.3 Å². The largest absolute Gasteiger partial charge is 0.378 e. The summed E-state index contributed by atoms with van der Waals surface area (Å²) in [6.07, 6.45) is 19.1. The van der Waals surface area contributed by atoms with E-state index in [2.05, 4.69) is 119 Å². The van der Waals surface area contributed by atoms with E-state index in [-0.39, 0.29) is 0 Å². The number of nitrogens with one attached hydrogen (secondary N) is 1. The van der Waals surface area contributed by atoms with Crippen molar-refractivity contribution in [2.24, 2.45) is 0 Å². The van der Waals surface area contributed by atoms with Gasteiger partial charge < -0.3 is 9.88 Å². The third-order valence-corrected chi connectivity index (χ3v) is 7.96. The molecule has 0 saturated heterocycles. The van der Waals surface area contributed by atoms with Crippen LogP contribution in [0.4, 0.5) is 5.69 Å². The number of allylic oxidation sites excluding steroid dienone is 6. The van der Waals surface area contributed by atoms with E-state index in [0.717, 1.165) is 6.42 Å². The van der Waals surface area contributed by atoms with Crippen molar-refractivity contribution in [1.29, 1.82) is 0 Å². The van der Waals surface area contributed by atoms with Gasteiger partial charge in [0, 0.05) is 27.8 Å². The molecule has 0 spiro atoms. The molecule has 34 heavy (non-hydrogen) atoms. The zero-order valence-corrected chi connectivity index (χ0v) is 18.8. The minimum Gasteiger partial charge on any atom is -0.378 e. The fourth-order valence-corrected chi connectivity index (χ4v) is 6.59. The summed E-state index contributed by atoms with van der Waals surface area (Å²) in [6.45, 7) is 0. The first-order chi connectivity index (χ1) is 16.9. The Hall–Kier alpha value is -4.04. The standard InChI is InChI=1S/C32H24N2/c1-2-10-20(11-3-1)34-28-19-18-27-29(25-16-8-9-17-26(25)33-27)31(28)30-23-14-6-4-12-21(23)22-13-5-7-15-24(22)32(30)34/h1-10,12-20,25-26,33H,11H2. The number of aromatic nitrogens is 1. The lowest BCUT2D eigenvalue weighted by molar-refractivity contribution is 0.649. The summed E-state index contributed by atoms with van der Waals surface area (Å²) in [5.41, 5.74) is 5.42. The average Bonchev–Trinajstić information content (AvgIpc) is 3.45. The molecule has 1 N–H and O–H groups in total. The van der Waals surface area contributed by atoms with Gasteiger partial charge in [-0.2, -0.15) is 0 Å². The molecule has 5 aromatic rings. The van der Waals surface area contributed by atoms with Crippen LogP contribution in [0, 0.1) is 0 Å². The number of fused-ring (bicyclic) bond motifs is 12. The molecule has 2 aliphatic carbocycles. The van der Waals surface area contributed by atoms with Crippen LogP contribution in [0.5, 0.6) is 0 Å². The predicted octanol–water partition coefficient (Wildman–Crippen LogP) is 8.16. The van der Waals surface area contributed by atoms with Crippen LogP contribution in [0.15, 0.2) is 109 Å². The quantitative estimate of drug-likeness (QED) is 0.262. The number of hydrogen-bond donors (Lipinski definition) is 1. The Morgan fingerprint density at radius 2 is 1.41 bits per heavy atom. The molecule has 0 fully saturated rings. The van der Waals surface area contributed by atoms with Gasteiger partial charge in [0.05, 0.1) is 23.1 Å². The highest BCUT2D eigenvalue weighted by molar-refractivity contribution is 6.32. The molecule has 0 bridgehead atoms. The lowest BCUT2D eigenvalue weighted by Crippen LogP contribution is -2.17. The second-order valence-electron chi connectivity index (χ2n) is 9.69. The van der Waals surface area contributed by atoms with E-state index in [1.165, 1.54) is 54.6 Å². The molecule has 0 saturated carbocycles. The Morgan fingerprint density at radius 1 is 0.676 bits per heavy atom. The van der Waals surface area contributed by atoms with E-state index >= 15 is 0 Å². The molecule has 3 unspecified atom stereocenters. The van der Waals surface area contributed by atoms with E-state index in [4.69, 9.17) is 0 Å². The van der Waals surface area contributed by atoms with Crippen LogP contribution >= 0.6 is 0 Å². The zero-order valence-electron chi connectivity index (χ0n) is 18.8. The highest BCUT2D eigenvalue weighted by Crippen LogP contribution is 2.50. The molecular formula is C32H24N2. The number of hydrogen-bond acceptors (Lipinski definition) is 1. The van der Waals surface area contributed by atoms with Crippen molar-refractivity contribution >= 4 is 49.0 Å². The second-order valence-corrected chi connectivity index (χ2v) is 9.69. The minimum absolute atomic E-state index is 0.305. The van der Waals surface area contributed by atoms with Gasteiger partial charge in [-0.3, -0.25) is 0 Å². The summed E-state index contributed by atoms with van der Waals surface area (Å²) in [7, 11) is 0. The van der Waals surface area contributed by atoms with Gasteiger partial charge in [-0.25, -0.2) is 0 Å². The van der Waals surface area contributed by atoms with Crippen molar-refractivity contribution in [3.8, 4) is 0 Å². The molecule has 3 aliphatic rings. The molecule has 0 amide bonds. The van der Waals surface area contributed by atoms with Crippen LogP contribution in [-0.4, -0.2) is 10.6 Å². The van der Waals surface area contributed by atoms with Crippen molar-refractivity contribution in [2.75, 3.05) is 5.32 Å². The molecule has 2 nitrogen and oxygen atoms in total. The fraction of sp³-hybridized carbons (Fsp3) is 0.125. The number of anilines is 1. The monoisotopic (exact) mass is 436 g/mol. The molecule has 162 valence electrons. The molecular weight excluding hydrogens is 412 g/mol. The van der Waals surface area contributed by atoms with Crippen molar-refractivity contribution in [1.82, 2.24) is 4.57 Å². The summed E-state index contributed by atoms with van der Waals surface area (Å²) < 4.78 is 2.62. The maximum atomic E-state index is 3.79. The van der Waals surface area contributed by atoms with Gasteiger partial charge in [-0.15, -0.1) is 0 Å². The molecule has 2 heterocycles. The van der Waals surface area contributed by atoms with E-state index in [1.54, 1.807) is 0 Å². The smallest absolute Gasteiger partial charge is 0.0583 e. The molecule has 1 aromatic heterocycles. The van der Waals surface area contributed by atoms with Gasteiger partial charge in [0.25, 0.3) is 0 Å². The first kappa shape index (κ1) is 18.4. The van der Waals surface area contributed by atoms with Gasteiger partial charge in [0.2, 0.25) is 0 Å². The second kappa shape index (κ2) is 6.74. The lowest BCUT2D eigenvalue weighted by Gasteiger charge is -2.20. The first-order valence-electron chi connectivity index (χ1n) is 12.2. The summed E-state index contributed by atoms with van der Waals surface area (Å²) >= 11 is 0. The average molecular weight is 437 g/mol. The van der Waals surface area contributed by atoms with Crippen molar-refractivity contribution in [2.45, 2.75) is 24.4 Å². The molecule has 8 rings (SSSR count). The third-order valence-electron chi connectivity index (χ3n) is 7.96. The Labute approximate surface area is 198 Å². The number of rotatable bonds is 1. The fourth-order valence-electron chi connectivity index (χ4n) is 6.59. The van der Waals surface area contributed by atoms with Crippen LogP contribution in [0.3, 0.4) is 0 Å². The van der Waals surface area contributed by atoms with Crippen molar-refractivity contribution in [3.05, 3.63) is 115 Å². The van der Waals surface area contributed by atoms with Crippen LogP contribution in [0.1, 0.15) is 23.9 Å². The Kier molecular flexibility index (Phi) is 3.65. The third kappa shape index (κ3) is 2.30. The Balaban J connectivity index is 1.65. The number of benzene rings is 4. The minimum atomic E-state index is 0.305.